The van der Waals surface area contributed by atoms with Gasteiger partial charge in [-0.05, 0) is 12.8 Å². The van der Waals surface area contributed by atoms with E-state index in [2.05, 4.69) is 10.2 Å². The van der Waals surface area contributed by atoms with E-state index in [0.29, 0.717) is 0 Å². The third-order valence-electron chi connectivity index (χ3n) is 2.74. The van der Waals surface area contributed by atoms with Gasteiger partial charge in [-0.2, -0.15) is 23.0 Å². The summed E-state index contributed by atoms with van der Waals surface area (Å²) in [5, 5.41) is 13.8. The summed E-state index contributed by atoms with van der Waals surface area (Å²) >= 11 is 0. The van der Waals surface area contributed by atoms with E-state index in [-0.39, 0.29) is 18.4 Å². The summed E-state index contributed by atoms with van der Waals surface area (Å²) in [6.07, 6.45) is -4.18. The van der Waals surface area contributed by atoms with E-state index in [9.17, 15) is 21.6 Å². The maximum absolute atomic E-state index is 12.6. The second-order valence-corrected chi connectivity index (χ2v) is 5.69. The van der Waals surface area contributed by atoms with Gasteiger partial charge in [-0.25, -0.2) is 8.42 Å². The van der Waals surface area contributed by atoms with Crippen LogP contribution in [-0.4, -0.2) is 35.4 Å². The molecular weight excluding hydrogens is 275 g/mol. The third kappa shape index (κ3) is 2.10. The number of nitrogens with one attached hydrogen (secondary N) is 2. The highest BCUT2D eigenvalue weighted by Gasteiger charge is 2.65. The maximum Gasteiger partial charge on any atom is 0.407 e. The van der Waals surface area contributed by atoms with E-state index >= 15 is 0 Å². The van der Waals surface area contributed by atoms with Crippen LogP contribution in [0.4, 0.5) is 13.2 Å². The number of sulfonamides is 1. The van der Waals surface area contributed by atoms with Gasteiger partial charge in [0.05, 0.1) is 12.8 Å². The van der Waals surface area contributed by atoms with Gasteiger partial charge in [0, 0.05) is 5.56 Å². The molecule has 1 aliphatic carbocycles. The lowest BCUT2D eigenvalue weighted by molar-refractivity contribution is -0.160. The van der Waals surface area contributed by atoms with E-state index in [0.717, 1.165) is 6.20 Å². The number of aliphatic hydroxyl groups is 1. The van der Waals surface area contributed by atoms with Crippen molar-refractivity contribution in [1.29, 1.82) is 0 Å². The van der Waals surface area contributed by atoms with Gasteiger partial charge < -0.3 is 5.11 Å². The van der Waals surface area contributed by atoms with Crippen molar-refractivity contribution in [2.45, 2.75) is 36.2 Å². The maximum atomic E-state index is 12.6. The molecule has 1 saturated carbocycles. The number of aromatic nitrogens is 2. The molecule has 0 bridgehead atoms. The molecule has 0 aromatic carbocycles. The van der Waals surface area contributed by atoms with Gasteiger partial charge in [-0.1, -0.05) is 0 Å². The molecule has 10 heteroatoms. The van der Waals surface area contributed by atoms with Crippen molar-refractivity contribution in [3.05, 3.63) is 11.8 Å². The van der Waals surface area contributed by atoms with Crippen LogP contribution >= 0.6 is 0 Å². The molecule has 2 rings (SSSR count). The molecule has 18 heavy (non-hydrogen) atoms. The number of aliphatic hydroxyl groups excluding tert-OH is 1. The minimum absolute atomic E-state index is 0.0829. The topological polar surface area (TPSA) is 95.1 Å². The molecule has 0 unspecified atom stereocenters. The number of hydrogen-bond donors (Lipinski definition) is 3. The number of halogens is 3. The van der Waals surface area contributed by atoms with Crippen LogP contribution in [0.2, 0.25) is 0 Å². The van der Waals surface area contributed by atoms with Crippen molar-refractivity contribution < 1.29 is 26.7 Å². The van der Waals surface area contributed by atoms with Crippen molar-refractivity contribution in [2.75, 3.05) is 0 Å². The van der Waals surface area contributed by atoms with Crippen LogP contribution in [0.15, 0.2) is 11.2 Å². The molecule has 1 fully saturated rings. The lowest BCUT2D eigenvalue weighted by Crippen LogP contribution is -2.47. The normalized spacial score (nSPS) is 18.9. The summed E-state index contributed by atoms with van der Waals surface area (Å²) in [4.78, 5) is 0. The molecule has 1 aromatic heterocycles. The molecule has 102 valence electrons. The summed E-state index contributed by atoms with van der Waals surface area (Å²) in [7, 11) is -4.39. The van der Waals surface area contributed by atoms with Crippen LogP contribution in [0.5, 0.6) is 0 Å². The SMILES string of the molecule is O=S(=O)(NC1(C(F)(F)F)CC1)c1[nH]ncc1CO. The molecule has 1 aliphatic rings. The van der Waals surface area contributed by atoms with Gasteiger partial charge >= 0.3 is 6.18 Å². The van der Waals surface area contributed by atoms with Gasteiger partial charge in [-0.15, -0.1) is 0 Å². The van der Waals surface area contributed by atoms with Gasteiger partial charge in [0.1, 0.15) is 5.54 Å². The number of aromatic amines is 1. The van der Waals surface area contributed by atoms with E-state index in [4.69, 9.17) is 5.11 Å². The first-order chi connectivity index (χ1) is 8.22. The Morgan fingerprint density at radius 3 is 2.56 bits per heavy atom. The average Bonchev–Trinajstić information content (AvgIpc) is 2.86. The van der Waals surface area contributed by atoms with Gasteiger partial charge in [0.2, 0.25) is 0 Å². The number of alkyl halides is 3. The summed E-state index contributed by atoms with van der Waals surface area (Å²) < 4.78 is 63.1. The van der Waals surface area contributed by atoms with Crippen LogP contribution < -0.4 is 4.72 Å². The first-order valence-corrected chi connectivity index (χ1v) is 6.44. The highest BCUT2D eigenvalue weighted by Crippen LogP contribution is 2.49. The smallest absolute Gasteiger partial charge is 0.392 e. The first-order valence-electron chi connectivity index (χ1n) is 4.96. The quantitative estimate of drug-likeness (QED) is 0.740. The summed E-state index contributed by atoms with van der Waals surface area (Å²) in [5.74, 6) is 0. The second kappa shape index (κ2) is 3.93. The first kappa shape index (κ1) is 13.3. The predicted octanol–water partition coefficient (Wildman–Crippen LogP) is 0.275. The Morgan fingerprint density at radius 1 is 1.50 bits per heavy atom. The zero-order valence-electron chi connectivity index (χ0n) is 8.95. The average molecular weight is 285 g/mol. The Morgan fingerprint density at radius 2 is 2.11 bits per heavy atom. The Bertz CT molecular complexity index is 547. The van der Waals surface area contributed by atoms with Gasteiger partial charge in [0.15, 0.2) is 5.03 Å². The van der Waals surface area contributed by atoms with Crippen molar-refractivity contribution >= 4 is 10.0 Å². The Balaban J connectivity index is 2.29. The lowest BCUT2D eigenvalue weighted by Gasteiger charge is -2.20. The van der Waals surface area contributed by atoms with Crippen LogP contribution in [0.3, 0.4) is 0 Å². The lowest BCUT2D eigenvalue weighted by atomic mass is 10.3. The van der Waals surface area contributed by atoms with E-state index in [1.54, 1.807) is 4.72 Å². The minimum atomic E-state index is -4.64. The van der Waals surface area contributed by atoms with Crippen LogP contribution in [0, 0.1) is 0 Å². The fourth-order valence-electron chi connectivity index (χ4n) is 1.52. The molecule has 1 heterocycles. The summed E-state index contributed by atoms with van der Waals surface area (Å²) in [5.41, 5.74) is -2.47. The zero-order chi connectivity index (χ0) is 13.6. The molecule has 0 aliphatic heterocycles. The Labute approximate surface area is 100 Å². The van der Waals surface area contributed by atoms with Crippen LogP contribution in [-0.2, 0) is 16.6 Å². The Kier molecular flexibility index (Phi) is 2.91. The Hall–Kier alpha value is -1.13. The number of hydrogen-bond acceptors (Lipinski definition) is 4. The molecule has 0 amide bonds. The zero-order valence-corrected chi connectivity index (χ0v) is 9.77. The largest absolute Gasteiger partial charge is 0.407 e. The highest BCUT2D eigenvalue weighted by atomic mass is 32.2. The van der Waals surface area contributed by atoms with Gasteiger partial charge in [-0.3, -0.25) is 5.10 Å². The van der Waals surface area contributed by atoms with E-state index in [1.807, 2.05) is 0 Å². The molecular formula is C8H10F3N3O3S. The van der Waals surface area contributed by atoms with Crippen LogP contribution in [0.1, 0.15) is 18.4 Å². The molecule has 1 aromatic rings. The fraction of sp³-hybridized carbons (Fsp3) is 0.625. The molecule has 0 atom stereocenters. The number of nitrogens with zero attached hydrogens (tertiary/aromatic N) is 1. The molecule has 6 nitrogen and oxygen atoms in total. The summed E-state index contributed by atoms with van der Waals surface area (Å²) in [6.45, 7) is -0.633. The monoisotopic (exact) mass is 285 g/mol. The van der Waals surface area contributed by atoms with Gasteiger partial charge in [0.25, 0.3) is 10.0 Å². The summed E-state index contributed by atoms with van der Waals surface area (Å²) in [6, 6.07) is 0. The van der Waals surface area contributed by atoms with E-state index in [1.165, 1.54) is 0 Å². The second-order valence-electron chi connectivity index (χ2n) is 4.07. The third-order valence-corrected chi connectivity index (χ3v) is 4.29. The predicted molar refractivity (Wildman–Crippen MR) is 52.9 cm³/mol. The number of H-pyrrole nitrogens is 1. The van der Waals surface area contributed by atoms with Crippen molar-refractivity contribution in [3.63, 3.8) is 0 Å². The molecule has 3 N–H and O–H groups in total. The minimum Gasteiger partial charge on any atom is -0.392 e. The van der Waals surface area contributed by atoms with Crippen molar-refractivity contribution in [3.8, 4) is 0 Å². The molecule has 0 radical (unpaired) electrons. The van der Waals surface area contributed by atoms with Crippen molar-refractivity contribution in [2.24, 2.45) is 0 Å². The van der Waals surface area contributed by atoms with Crippen molar-refractivity contribution in [1.82, 2.24) is 14.9 Å². The van der Waals surface area contributed by atoms with Crippen LogP contribution in [0.25, 0.3) is 0 Å². The molecule has 0 saturated heterocycles. The number of rotatable bonds is 4. The fourth-order valence-corrected chi connectivity index (χ4v) is 3.09. The highest BCUT2D eigenvalue weighted by molar-refractivity contribution is 7.89. The molecule has 0 spiro atoms. The van der Waals surface area contributed by atoms with E-state index < -0.39 is 33.4 Å². The standard InChI is InChI=1S/C8H10F3N3O3S/c9-8(10,11)7(1-2-7)14-18(16,17)6-5(4-15)3-12-13-6/h3,14-15H,1-2,4H2,(H,12,13).